The maximum Gasteiger partial charge on any atom is 0.257 e. The first kappa shape index (κ1) is 19.8. The van der Waals surface area contributed by atoms with E-state index in [1.165, 1.54) is 30.8 Å². The Balaban J connectivity index is 1.60. The van der Waals surface area contributed by atoms with Gasteiger partial charge in [0.05, 0.1) is 11.1 Å². The second kappa shape index (κ2) is 9.83. The predicted molar refractivity (Wildman–Crippen MR) is 112 cm³/mol. The number of aryl methyl sites for hydroxylation is 1. The fourth-order valence-electron chi connectivity index (χ4n) is 3.40. The van der Waals surface area contributed by atoms with Crippen molar-refractivity contribution in [2.24, 2.45) is 0 Å². The molecule has 0 radical (unpaired) electrons. The van der Waals surface area contributed by atoms with Gasteiger partial charge in [-0.2, -0.15) is 0 Å². The number of pyridine rings is 1. The highest BCUT2D eigenvalue weighted by molar-refractivity contribution is 6.06. The number of rotatable bonds is 7. The molecule has 5 nitrogen and oxygen atoms in total. The van der Waals surface area contributed by atoms with Crippen LogP contribution in [0.5, 0.6) is 0 Å². The molecule has 1 aromatic carbocycles. The first-order valence-electron chi connectivity index (χ1n) is 9.97. The van der Waals surface area contributed by atoms with Crippen molar-refractivity contribution in [1.82, 2.24) is 10.3 Å². The Labute approximate surface area is 166 Å². The number of amides is 2. The number of benzene rings is 1. The van der Waals surface area contributed by atoms with Crippen molar-refractivity contribution in [1.29, 1.82) is 0 Å². The van der Waals surface area contributed by atoms with Gasteiger partial charge in [-0.3, -0.25) is 14.6 Å². The van der Waals surface area contributed by atoms with E-state index in [0.717, 1.165) is 36.9 Å². The highest BCUT2D eigenvalue weighted by Gasteiger charge is 2.13. The van der Waals surface area contributed by atoms with E-state index >= 15 is 0 Å². The highest BCUT2D eigenvalue weighted by atomic mass is 16.2. The van der Waals surface area contributed by atoms with Crippen molar-refractivity contribution >= 4 is 17.5 Å². The van der Waals surface area contributed by atoms with Gasteiger partial charge in [-0.05, 0) is 56.2 Å². The summed E-state index contributed by atoms with van der Waals surface area (Å²) < 4.78 is 0. The van der Waals surface area contributed by atoms with E-state index in [1.807, 2.05) is 31.2 Å². The number of carbonyl (C=O) groups excluding carboxylic acids is 2. The van der Waals surface area contributed by atoms with Gasteiger partial charge in [0.1, 0.15) is 0 Å². The molecule has 0 unspecified atom stereocenters. The zero-order valence-electron chi connectivity index (χ0n) is 16.3. The minimum atomic E-state index is -0.268. The summed E-state index contributed by atoms with van der Waals surface area (Å²) in [5.74, 6) is -0.470. The molecule has 1 heterocycles. The monoisotopic (exact) mass is 377 g/mol. The molecule has 0 saturated heterocycles. The van der Waals surface area contributed by atoms with Crippen molar-refractivity contribution < 1.29 is 9.59 Å². The van der Waals surface area contributed by atoms with E-state index < -0.39 is 0 Å². The Hall–Kier alpha value is -2.95. The number of hydrogen-bond donors (Lipinski definition) is 2. The zero-order chi connectivity index (χ0) is 19.8. The summed E-state index contributed by atoms with van der Waals surface area (Å²) in [5, 5.41) is 5.84. The molecule has 3 rings (SSSR count). The SMILES string of the molecule is CCc1ccccc1NC(=O)c1cncc(C(=O)NCCC2=CCCCC2)c1. The molecule has 0 fully saturated rings. The summed E-state index contributed by atoms with van der Waals surface area (Å²) >= 11 is 0. The number of hydrogen-bond acceptors (Lipinski definition) is 3. The molecule has 0 bridgehead atoms. The van der Waals surface area contributed by atoms with E-state index in [1.54, 1.807) is 6.07 Å². The molecular formula is C23H27N3O2. The van der Waals surface area contributed by atoms with E-state index in [-0.39, 0.29) is 11.8 Å². The first-order chi connectivity index (χ1) is 13.7. The average Bonchev–Trinajstić information content (AvgIpc) is 2.75. The van der Waals surface area contributed by atoms with Crippen molar-refractivity contribution in [2.75, 3.05) is 11.9 Å². The minimum Gasteiger partial charge on any atom is -0.352 e. The summed E-state index contributed by atoms with van der Waals surface area (Å²) in [4.78, 5) is 29.1. The minimum absolute atomic E-state index is 0.201. The standard InChI is InChI=1S/C23H27N3O2/c1-2-18-10-6-7-11-21(18)26-23(28)20-14-19(15-24-16-20)22(27)25-13-12-17-8-4-3-5-9-17/h6-8,10-11,14-16H,2-5,9,12-13H2,1H3,(H,25,27)(H,26,28). The molecule has 1 aromatic heterocycles. The van der Waals surface area contributed by atoms with Crippen LogP contribution >= 0.6 is 0 Å². The summed E-state index contributed by atoms with van der Waals surface area (Å²) in [6.07, 6.45) is 11.7. The van der Waals surface area contributed by atoms with Crippen molar-refractivity contribution in [2.45, 2.75) is 45.4 Å². The van der Waals surface area contributed by atoms with Crippen LogP contribution < -0.4 is 10.6 Å². The van der Waals surface area contributed by atoms with Gasteiger partial charge in [0.15, 0.2) is 0 Å². The molecule has 28 heavy (non-hydrogen) atoms. The molecule has 2 amide bonds. The van der Waals surface area contributed by atoms with Gasteiger partial charge in [0.2, 0.25) is 0 Å². The Bertz CT molecular complexity index is 874. The van der Waals surface area contributed by atoms with Gasteiger partial charge in [-0.15, -0.1) is 0 Å². The van der Waals surface area contributed by atoms with Gasteiger partial charge in [-0.1, -0.05) is 36.8 Å². The third kappa shape index (κ3) is 5.28. The van der Waals surface area contributed by atoms with Gasteiger partial charge in [0, 0.05) is 24.6 Å². The van der Waals surface area contributed by atoms with Crippen LogP contribution in [0.25, 0.3) is 0 Å². The normalized spacial score (nSPS) is 13.5. The number of nitrogens with one attached hydrogen (secondary N) is 2. The Kier molecular flexibility index (Phi) is 6.95. The summed E-state index contributed by atoms with van der Waals surface area (Å²) in [5.41, 5.74) is 4.04. The molecule has 1 aliphatic carbocycles. The van der Waals surface area contributed by atoms with Gasteiger partial charge in [0.25, 0.3) is 11.8 Å². The van der Waals surface area contributed by atoms with Crippen LogP contribution in [0.15, 0.2) is 54.4 Å². The van der Waals surface area contributed by atoms with Crippen molar-refractivity contribution in [3.8, 4) is 0 Å². The van der Waals surface area contributed by atoms with Gasteiger partial charge < -0.3 is 10.6 Å². The van der Waals surface area contributed by atoms with E-state index in [2.05, 4.69) is 21.7 Å². The molecule has 1 aliphatic rings. The molecule has 5 heteroatoms. The second-order valence-electron chi connectivity index (χ2n) is 7.04. The Morgan fingerprint density at radius 3 is 2.61 bits per heavy atom. The predicted octanol–water partition coefficient (Wildman–Crippen LogP) is 4.52. The quantitative estimate of drug-likeness (QED) is 0.697. The first-order valence-corrected chi connectivity index (χ1v) is 9.97. The summed E-state index contributed by atoms with van der Waals surface area (Å²) in [7, 11) is 0. The summed E-state index contributed by atoms with van der Waals surface area (Å²) in [6.45, 7) is 2.64. The van der Waals surface area contributed by atoms with Crippen molar-refractivity contribution in [3.05, 3.63) is 71.1 Å². The molecule has 0 spiro atoms. The highest BCUT2D eigenvalue weighted by Crippen LogP contribution is 2.19. The molecule has 2 aromatic rings. The number of nitrogens with zero attached hydrogens (tertiary/aromatic N) is 1. The van der Waals surface area contributed by atoms with Crippen LogP contribution in [0.2, 0.25) is 0 Å². The van der Waals surface area contributed by atoms with E-state index in [0.29, 0.717) is 17.7 Å². The van der Waals surface area contributed by atoms with E-state index in [4.69, 9.17) is 0 Å². The third-order valence-electron chi connectivity index (χ3n) is 5.03. The van der Waals surface area contributed by atoms with Crippen LogP contribution in [0.1, 0.15) is 65.3 Å². The van der Waals surface area contributed by atoms with E-state index in [9.17, 15) is 9.59 Å². The number of para-hydroxylation sites is 1. The number of allylic oxidation sites excluding steroid dienone is 1. The lowest BCUT2D eigenvalue weighted by Crippen LogP contribution is -2.25. The van der Waals surface area contributed by atoms with Crippen molar-refractivity contribution in [3.63, 3.8) is 0 Å². The maximum absolute atomic E-state index is 12.6. The number of anilines is 1. The summed E-state index contributed by atoms with van der Waals surface area (Å²) in [6, 6.07) is 9.29. The lowest BCUT2D eigenvalue weighted by molar-refractivity contribution is 0.0953. The van der Waals surface area contributed by atoms with Crippen LogP contribution in [0.4, 0.5) is 5.69 Å². The molecule has 0 aliphatic heterocycles. The fraction of sp³-hybridized carbons (Fsp3) is 0.348. The Morgan fingerprint density at radius 1 is 1.07 bits per heavy atom. The Morgan fingerprint density at radius 2 is 1.86 bits per heavy atom. The lowest BCUT2D eigenvalue weighted by Gasteiger charge is -2.13. The number of aromatic nitrogens is 1. The number of carbonyl (C=O) groups is 2. The van der Waals surface area contributed by atoms with Crippen LogP contribution in [-0.2, 0) is 6.42 Å². The maximum atomic E-state index is 12.6. The molecule has 0 atom stereocenters. The van der Waals surface area contributed by atoms with Gasteiger partial charge >= 0.3 is 0 Å². The van der Waals surface area contributed by atoms with Crippen LogP contribution in [0.3, 0.4) is 0 Å². The zero-order valence-corrected chi connectivity index (χ0v) is 16.3. The van der Waals surface area contributed by atoms with Crippen LogP contribution in [-0.4, -0.2) is 23.3 Å². The fourth-order valence-corrected chi connectivity index (χ4v) is 3.40. The van der Waals surface area contributed by atoms with Gasteiger partial charge in [-0.25, -0.2) is 0 Å². The molecular weight excluding hydrogens is 350 g/mol. The second-order valence-corrected chi connectivity index (χ2v) is 7.04. The smallest absolute Gasteiger partial charge is 0.257 e. The average molecular weight is 377 g/mol. The topological polar surface area (TPSA) is 71.1 Å². The molecule has 0 saturated carbocycles. The lowest BCUT2D eigenvalue weighted by atomic mass is 9.97. The molecule has 2 N–H and O–H groups in total. The largest absolute Gasteiger partial charge is 0.352 e. The van der Waals surface area contributed by atoms with Crippen LogP contribution in [0, 0.1) is 0 Å². The molecule has 146 valence electrons. The third-order valence-corrected chi connectivity index (χ3v) is 5.03.